The number of carbonyl (C=O) groups excluding carboxylic acids is 2. The zero-order valence-electron chi connectivity index (χ0n) is 14.0. The van der Waals surface area contributed by atoms with E-state index in [0.29, 0.717) is 0 Å². The lowest BCUT2D eigenvalue weighted by Gasteiger charge is -2.30. The third-order valence-corrected chi connectivity index (χ3v) is 5.03. The maximum Gasteiger partial charge on any atom is 0.230 e. The Labute approximate surface area is 138 Å². The van der Waals surface area contributed by atoms with Crippen molar-refractivity contribution in [3.05, 3.63) is 29.8 Å². The number of hydrogen-bond donors (Lipinski definition) is 1. The molecule has 2 aliphatic rings. The SMILES string of the molecule is CC(C)NC(=O)C1CCC(C(=O)N2CCc3ccccc32)CC1. The van der Waals surface area contributed by atoms with Gasteiger partial charge in [0.15, 0.2) is 0 Å². The fraction of sp³-hybridized carbons (Fsp3) is 0.579. The molecule has 1 fully saturated rings. The smallest absolute Gasteiger partial charge is 0.230 e. The Balaban J connectivity index is 1.58. The predicted molar refractivity (Wildman–Crippen MR) is 91.2 cm³/mol. The molecule has 4 nitrogen and oxygen atoms in total. The van der Waals surface area contributed by atoms with Crippen LogP contribution in [0.3, 0.4) is 0 Å². The Morgan fingerprint density at radius 3 is 2.43 bits per heavy atom. The number of nitrogens with zero attached hydrogens (tertiary/aromatic N) is 1. The molecule has 1 heterocycles. The van der Waals surface area contributed by atoms with Gasteiger partial charge in [0.25, 0.3) is 0 Å². The molecule has 1 aliphatic carbocycles. The molecule has 1 aromatic carbocycles. The van der Waals surface area contributed by atoms with Gasteiger partial charge < -0.3 is 10.2 Å². The second-order valence-electron chi connectivity index (χ2n) is 7.08. The Bertz CT molecular complexity index is 589. The van der Waals surface area contributed by atoms with Gasteiger partial charge in [-0.15, -0.1) is 0 Å². The largest absolute Gasteiger partial charge is 0.354 e. The van der Waals surface area contributed by atoms with Gasteiger partial charge in [0.2, 0.25) is 11.8 Å². The maximum absolute atomic E-state index is 12.8. The summed E-state index contributed by atoms with van der Waals surface area (Å²) in [6, 6.07) is 8.36. The van der Waals surface area contributed by atoms with Crippen molar-refractivity contribution in [3.8, 4) is 0 Å². The second-order valence-corrected chi connectivity index (χ2v) is 7.08. The molecule has 124 valence electrons. The van der Waals surface area contributed by atoms with Crippen LogP contribution in [0.25, 0.3) is 0 Å². The van der Waals surface area contributed by atoms with E-state index in [0.717, 1.165) is 44.3 Å². The summed E-state index contributed by atoms with van der Waals surface area (Å²) >= 11 is 0. The van der Waals surface area contributed by atoms with Crippen molar-refractivity contribution in [1.29, 1.82) is 0 Å². The Morgan fingerprint density at radius 2 is 1.74 bits per heavy atom. The summed E-state index contributed by atoms with van der Waals surface area (Å²) in [4.78, 5) is 26.9. The van der Waals surface area contributed by atoms with Crippen molar-refractivity contribution < 1.29 is 9.59 Å². The molecule has 0 atom stereocenters. The zero-order valence-corrected chi connectivity index (χ0v) is 14.0. The van der Waals surface area contributed by atoms with Crippen LogP contribution in [0, 0.1) is 11.8 Å². The minimum Gasteiger partial charge on any atom is -0.354 e. The van der Waals surface area contributed by atoms with Crippen LogP contribution in [0.2, 0.25) is 0 Å². The molecule has 1 saturated carbocycles. The number of carbonyl (C=O) groups is 2. The highest BCUT2D eigenvalue weighted by Gasteiger charge is 2.34. The minimum absolute atomic E-state index is 0.0734. The van der Waals surface area contributed by atoms with Crippen LogP contribution in [-0.4, -0.2) is 24.4 Å². The number of anilines is 1. The molecule has 0 spiro atoms. The van der Waals surface area contributed by atoms with E-state index in [1.165, 1.54) is 5.56 Å². The van der Waals surface area contributed by atoms with E-state index in [1.54, 1.807) is 0 Å². The molecule has 3 rings (SSSR count). The molecule has 1 N–H and O–H groups in total. The fourth-order valence-corrected chi connectivity index (χ4v) is 3.79. The summed E-state index contributed by atoms with van der Waals surface area (Å²) in [5.74, 6) is 0.548. The van der Waals surface area contributed by atoms with Crippen molar-refractivity contribution in [1.82, 2.24) is 5.32 Å². The van der Waals surface area contributed by atoms with Crippen LogP contribution in [0.1, 0.15) is 45.1 Å². The van der Waals surface area contributed by atoms with Gasteiger partial charge in [-0.05, 0) is 57.6 Å². The van der Waals surface area contributed by atoms with Gasteiger partial charge in [0.05, 0.1) is 0 Å². The van der Waals surface area contributed by atoms with E-state index in [4.69, 9.17) is 0 Å². The highest BCUT2D eigenvalue weighted by atomic mass is 16.2. The number of nitrogens with one attached hydrogen (secondary N) is 1. The summed E-state index contributed by atoms with van der Waals surface area (Å²) in [5.41, 5.74) is 2.35. The number of fused-ring (bicyclic) bond motifs is 1. The molecular formula is C19H26N2O2. The van der Waals surface area contributed by atoms with Crippen LogP contribution < -0.4 is 10.2 Å². The number of hydrogen-bond acceptors (Lipinski definition) is 2. The second kappa shape index (κ2) is 6.73. The topological polar surface area (TPSA) is 49.4 Å². The number of benzene rings is 1. The van der Waals surface area contributed by atoms with Crippen molar-refractivity contribution in [3.63, 3.8) is 0 Å². The van der Waals surface area contributed by atoms with Gasteiger partial charge in [-0.2, -0.15) is 0 Å². The van der Waals surface area contributed by atoms with Gasteiger partial charge in [-0.25, -0.2) is 0 Å². The lowest BCUT2D eigenvalue weighted by atomic mass is 9.81. The van der Waals surface area contributed by atoms with Crippen LogP contribution in [0.4, 0.5) is 5.69 Å². The molecule has 0 radical (unpaired) electrons. The first-order chi connectivity index (χ1) is 11.1. The number of para-hydroxylation sites is 1. The van der Waals surface area contributed by atoms with Crippen molar-refractivity contribution in [2.75, 3.05) is 11.4 Å². The average Bonchev–Trinajstić information content (AvgIpc) is 2.97. The molecule has 2 amide bonds. The van der Waals surface area contributed by atoms with E-state index < -0.39 is 0 Å². The molecule has 23 heavy (non-hydrogen) atoms. The van der Waals surface area contributed by atoms with Gasteiger partial charge in [-0.3, -0.25) is 9.59 Å². The molecular weight excluding hydrogens is 288 g/mol. The Morgan fingerprint density at radius 1 is 1.09 bits per heavy atom. The molecule has 0 saturated heterocycles. The standard InChI is InChI=1S/C19H26N2O2/c1-13(2)20-18(22)15-7-9-16(10-8-15)19(23)21-12-11-14-5-3-4-6-17(14)21/h3-6,13,15-16H,7-12H2,1-2H3,(H,20,22). The maximum atomic E-state index is 12.8. The molecule has 0 aromatic heterocycles. The van der Waals surface area contributed by atoms with Gasteiger partial charge in [0, 0.05) is 30.1 Å². The van der Waals surface area contributed by atoms with E-state index >= 15 is 0 Å². The molecule has 0 bridgehead atoms. The first-order valence-electron chi connectivity index (χ1n) is 8.76. The zero-order chi connectivity index (χ0) is 16.4. The van der Waals surface area contributed by atoms with Crippen LogP contribution in [-0.2, 0) is 16.0 Å². The van der Waals surface area contributed by atoms with Crippen LogP contribution >= 0.6 is 0 Å². The Hall–Kier alpha value is -1.84. The monoisotopic (exact) mass is 314 g/mol. The summed E-state index contributed by atoms with van der Waals surface area (Å²) in [6.07, 6.45) is 4.25. The van der Waals surface area contributed by atoms with E-state index in [2.05, 4.69) is 11.4 Å². The van der Waals surface area contributed by atoms with Crippen molar-refractivity contribution >= 4 is 17.5 Å². The predicted octanol–water partition coefficient (Wildman–Crippen LogP) is 2.91. The quantitative estimate of drug-likeness (QED) is 0.932. The van der Waals surface area contributed by atoms with E-state index in [-0.39, 0.29) is 29.7 Å². The molecule has 4 heteroatoms. The number of rotatable bonds is 3. The van der Waals surface area contributed by atoms with E-state index in [1.807, 2.05) is 36.9 Å². The third-order valence-electron chi connectivity index (χ3n) is 5.03. The van der Waals surface area contributed by atoms with Crippen LogP contribution in [0.5, 0.6) is 0 Å². The van der Waals surface area contributed by atoms with Crippen LogP contribution in [0.15, 0.2) is 24.3 Å². The highest BCUT2D eigenvalue weighted by Crippen LogP contribution is 2.34. The summed E-state index contributed by atoms with van der Waals surface area (Å²) < 4.78 is 0. The van der Waals surface area contributed by atoms with Gasteiger partial charge in [-0.1, -0.05) is 18.2 Å². The molecule has 0 unspecified atom stereocenters. The third kappa shape index (κ3) is 3.41. The lowest BCUT2D eigenvalue weighted by Crippen LogP contribution is -2.40. The fourth-order valence-electron chi connectivity index (χ4n) is 3.79. The van der Waals surface area contributed by atoms with Gasteiger partial charge in [0.1, 0.15) is 0 Å². The number of amides is 2. The summed E-state index contributed by atoms with van der Waals surface area (Å²) in [7, 11) is 0. The normalized spacial score (nSPS) is 23.7. The average molecular weight is 314 g/mol. The summed E-state index contributed by atoms with van der Waals surface area (Å²) in [6.45, 7) is 4.77. The minimum atomic E-state index is 0.0734. The van der Waals surface area contributed by atoms with Crippen molar-refractivity contribution in [2.45, 2.75) is 52.0 Å². The molecule has 1 aliphatic heterocycles. The molecule has 1 aromatic rings. The van der Waals surface area contributed by atoms with E-state index in [9.17, 15) is 9.59 Å². The lowest BCUT2D eigenvalue weighted by molar-refractivity contribution is -0.129. The van der Waals surface area contributed by atoms with Crippen molar-refractivity contribution in [2.24, 2.45) is 11.8 Å². The summed E-state index contributed by atoms with van der Waals surface area (Å²) in [5, 5.41) is 2.99. The Kier molecular flexibility index (Phi) is 4.69. The first-order valence-corrected chi connectivity index (χ1v) is 8.76. The highest BCUT2D eigenvalue weighted by molar-refractivity contribution is 5.97. The van der Waals surface area contributed by atoms with Gasteiger partial charge >= 0.3 is 0 Å². The first kappa shape index (κ1) is 16.0.